The maximum atomic E-state index is 12.4. The van der Waals surface area contributed by atoms with Gasteiger partial charge in [-0.3, -0.25) is 9.13 Å². The predicted molar refractivity (Wildman–Crippen MR) is 97.5 cm³/mol. The number of aliphatic hydroxyl groups excluding tert-OH is 2. The number of aromatic nitrogens is 4. The Morgan fingerprint density at radius 1 is 1.18 bits per heavy atom. The third-order valence-electron chi connectivity index (χ3n) is 4.49. The molecule has 1 aliphatic heterocycles. The van der Waals surface area contributed by atoms with Gasteiger partial charge >= 0.3 is 7.60 Å². The molecule has 3 heterocycles. The van der Waals surface area contributed by atoms with Crippen LogP contribution in [0.3, 0.4) is 0 Å². The first kappa shape index (κ1) is 18.9. The number of fused-ring (bicyclic) bond motifs is 1. The van der Waals surface area contributed by atoms with Crippen LogP contribution in [0.25, 0.3) is 11.2 Å². The van der Waals surface area contributed by atoms with Gasteiger partial charge in [-0.05, 0) is 12.1 Å². The van der Waals surface area contributed by atoms with Gasteiger partial charge in [0.25, 0.3) is 0 Å². The van der Waals surface area contributed by atoms with Crippen molar-refractivity contribution in [2.75, 3.05) is 12.3 Å². The monoisotopic (exact) mass is 407 g/mol. The van der Waals surface area contributed by atoms with Crippen molar-refractivity contribution < 1.29 is 28.9 Å². The molecular formula is C16H18N5O6P. The van der Waals surface area contributed by atoms with E-state index in [1.807, 2.05) is 0 Å². The summed E-state index contributed by atoms with van der Waals surface area (Å²) in [4.78, 5) is 22.1. The van der Waals surface area contributed by atoms with Crippen LogP contribution in [0, 0.1) is 0 Å². The fourth-order valence-corrected chi connectivity index (χ4v) is 4.07. The summed E-state index contributed by atoms with van der Waals surface area (Å²) in [5.74, 6) is 0.167. The summed E-state index contributed by atoms with van der Waals surface area (Å²) in [5.41, 5.74) is 6.40. The highest BCUT2D eigenvalue weighted by Crippen LogP contribution is 2.42. The van der Waals surface area contributed by atoms with E-state index in [2.05, 4.69) is 15.0 Å². The van der Waals surface area contributed by atoms with E-state index in [9.17, 15) is 19.7 Å². The lowest BCUT2D eigenvalue weighted by Crippen LogP contribution is -2.33. The van der Waals surface area contributed by atoms with E-state index < -0.39 is 38.7 Å². The molecule has 3 aromatic rings. The minimum absolute atomic E-state index is 0.118. The van der Waals surface area contributed by atoms with Crippen LogP contribution in [0.15, 0.2) is 43.0 Å². The molecule has 4 rings (SSSR count). The topological polar surface area (TPSA) is 166 Å². The van der Waals surface area contributed by atoms with Crippen LogP contribution in [0.4, 0.5) is 5.82 Å². The Hall–Kier alpha value is -2.40. The molecule has 1 fully saturated rings. The maximum absolute atomic E-state index is 12.4. The molecule has 28 heavy (non-hydrogen) atoms. The van der Waals surface area contributed by atoms with Crippen LogP contribution in [0.2, 0.25) is 0 Å². The summed E-state index contributed by atoms with van der Waals surface area (Å²) in [7, 11) is -4.10. The number of nitrogens with two attached hydrogens (primary N) is 1. The van der Waals surface area contributed by atoms with E-state index in [4.69, 9.17) is 15.0 Å². The van der Waals surface area contributed by atoms with Crippen molar-refractivity contribution in [1.29, 1.82) is 0 Å². The molecule has 0 saturated carbocycles. The second kappa shape index (κ2) is 7.21. The van der Waals surface area contributed by atoms with Crippen LogP contribution < -0.4 is 11.0 Å². The zero-order chi connectivity index (χ0) is 19.9. The van der Waals surface area contributed by atoms with Gasteiger partial charge in [0.2, 0.25) is 0 Å². The smallest absolute Gasteiger partial charge is 0.358 e. The summed E-state index contributed by atoms with van der Waals surface area (Å²) in [6, 6.07) is 7.86. The lowest BCUT2D eigenvalue weighted by Gasteiger charge is -2.18. The van der Waals surface area contributed by atoms with Gasteiger partial charge in [0.15, 0.2) is 17.7 Å². The van der Waals surface area contributed by atoms with Crippen LogP contribution >= 0.6 is 7.60 Å². The van der Waals surface area contributed by atoms with E-state index >= 15 is 0 Å². The standard InChI is InChI=1S/C16H18N5O6P/c17-14-11-15(19-7-18-14)21(8-20-11)16-13(23)12(22)10(27-16)6-26-28(24,25)9-4-2-1-3-5-9/h1-5,7-8,10,12-13,16,22-23H,6H2,(H,24,25)(H2,17,18,19)/t10-,12-,13-,16-/m1/s1. The molecule has 5 atom stereocenters. The molecular weight excluding hydrogens is 389 g/mol. The molecule has 1 saturated heterocycles. The number of ether oxygens (including phenoxy) is 1. The predicted octanol–water partition coefficient (Wildman–Crippen LogP) is -0.445. The first-order chi connectivity index (χ1) is 13.4. The van der Waals surface area contributed by atoms with Crippen molar-refractivity contribution in [3.05, 3.63) is 43.0 Å². The lowest BCUT2D eigenvalue weighted by molar-refractivity contribution is -0.0481. The van der Waals surface area contributed by atoms with Crippen molar-refractivity contribution in [2.24, 2.45) is 0 Å². The SMILES string of the molecule is Nc1ncnc2c1ncn2[C@@H]1O[C@H](COP(=O)(O)c2ccccc2)[C@@H](O)[C@H]1O. The molecule has 1 aromatic carbocycles. The average Bonchev–Trinajstić information content (AvgIpc) is 3.24. The first-order valence-corrected chi connectivity index (χ1v) is 9.94. The second-order valence-corrected chi connectivity index (χ2v) is 8.10. The van der Waals surface area contributed by atoms with Gasteiger partial charge in [-0.15, -0.1) is 0 Å². The Balaban J connectivity index is 1.52. The number of nitrogens with zero attached hydrogens (tertiary/aromatic N) is 4. The zero-order valence-electron chi connectivity index (χ0n) is 14.4. The molecule has 2 aromatic heterocycles. The number of aliphatic hydroxyl groups is 2. The molecule has 0 amide bonds. The number of benzene rings is 1. The molecule has 1 unspecified atom stereocenters. The summed E-state index contributed by atoms with van der Waals surface area (Å²) in [6.45, 7) is -0.402. The second-order valence-electron chi connectivity index (χ2n) is 6.28. The fraction of sp³-hybridized carbons (Fsp3) is 0.312. The van der Waals surface area contributed by atoms with Crippen LogP contribution in [-0.4, -0.2) is 59.5 Å². The van der Waals surface area contributed by atoms with Gasteiger partial charge in [-0.2, -0.15) is 0 Å². The zero-order valence-corrected chi connectivity index (χ0v) is 15.3. The van der Waals surface area contributed by atoms with Crippen molar-refractivity contribution >= 4 is 29.9 Å². The highest BCUT2D eigenvalue weighted by Gasteiger charge is 2.45. The Kier molecular flexibility index (Phi) is 4.88. The number of hydrogen-bond donors (Lipinski definition) is 4. The molecule has 5 N–H and O–H groups in total. The maximum Gasteiger partial charge on any atom is 0.358 e. The summed E-state index contributed by atoms with van der Waals surface area (Å²) in [5, 5.41) is 20.8. The Bertz CT molecular complexity index is 1030. The minimum atomic E-state index is -4.10. The summed E-state index contributed by atoms with van der Waals surface area (Å²) in [6.07, 6.45) is -2.15. The summed E-state index contributed by atoms with van der Waals surface area (Å²) >= 11 is 0. The molecule has 0 aliphatic carbocycles. The van der Waals surface area contributed by atoms with Gasteiger partial charge < -0.3 is 30.1 Å². The van der Waals surface area contributed by atoms with Crippen LogP contribution in [0.5, 0.6) is 0 Å². The Morgan fingerprint density at radius 3 is 2.68 bits per heavy atom. The number of imidazole rings is 1. The molecule has 12 heteroatoms. The van der Waals surface area contributed by atoms with Gasteiger partial charge in [-0.25, -0.2) is 15.0 Å². The van der Waals surface area contributed by atoms with Gasteiger partial charge in [-0.1, -0.05) is 18.2 Å². The van der Waals surface area contributed by atoms with E-state index in [0.717, 1.165) is 0 Å². The van der Waals surface area contributed by atoms with E-state index in [1.165, 1.54) is 29.4 Å². The van der Waals surface area contributed by atoms with Crippen LogP contribution in [0.1, 0.15) is 6.23 Å². The Labute approximate surface area is 158 Å². The highest BCUT2D eigenvalue weighted by atomic mass is 31.2. The molecule has 0 bridgehead atoms. The van der Waals surface area contributed by atoms with Crippen molar-refractivity contribution in [2.45, 2.75) is 24.5 Å². The Morgan fingerprint density at radius 2 is 1.93 bits per heavy atom. The van der Waals surface area contributed by atoms with Gasteiger partial charge in [0.05, 0.1) is 18.2 Å². The number of rotatable bonds is 5. The quantitative estimate of drug-likeness (QED) is 0.407. The van der Waals surface area contributed by atoms with Crippen molar-refractivity contribution in [3.63, 3.8) is 0 Å². The molecule has 1 aliphatic rings. The number of nitrogen functional groups attached to an aromatic ring is 1. The van der Waals surface area contributed by atoms with Crippen LogP contribution in [-0.2, 0) is 13.8 Å². The first-order valence-electron chi connectivity index (χ1n) is 8.36. The largest absolute Gasteiger partial charge is 0.387 e. The highest BCUT2D eigenvalue weighted by molar-refractivity contribution is 7.61. The van der Waals surface area contributed by atoms with E-state index in [0.29, 0.717) is 11.2 Å². The van der Waals surface area contributed by atoms with Crippen molar-refractivity contribution in [1.82, 2.24) is 19.5 Å². The molecule has 148 valence electrons. The minimum Gasteiger partial charge on any atom is -0.387 e. The number of hydrogen-bond acceptors (Lipinski definition) is 9. The average molecular weight is 407 g/mol. The molecule has 11 nitrogen and oxygen atoms in total. The van der Waals surface area contributed by atoms with E-state index in [-0.39, 0.29) is 11.1 Å². The molecule has 0 radical (unpaired) electrons. The normalized spacial score (nSPS) is 27.1. The third-order valence-corrected chi connectivity index (χ3v) is 5.94. The number of anilines is 1. The van der Waals surface area contributed by atoms with E-state index in [1.54, 1.807) is 18.2 Å². The summed E-state index contributed by atoms with van der Waals surface area (Å²) < 4.78 is 24.6. The fourth-order valence-electron chi connectivity index (χ4n) is 3.02. The lowest BCUT2D eigenvalue weighted by atomic mass is 10.1. The third kappa shape index (κ3) is 3.28. The molecule has 0 spiro atoms. The van der Waals surface area contributed by atoms with Gasteiger partial charge in [0, 0.05) is 0 Å². The van der Waals surface area contributed by atoms with Gasteiger partial charge in [0.1, 0.15) is 30.2 Å². The van der Waals surface area contributed by atoms with Crippen molar-refractivity contribution in [3.8, 4) is 0 Å².